The Labute approximate surface area is 146 Å². The largest absolute Gasteiger partial charge is 0.468 e. The zero-order valence-electron chi connectivity index (χ0n) is 12.4. The van der Waals surface area contributed by atoms with Crippen molar-refractivity contribution in [2.75, 3.05) is 25.7 Å². The second-order valence-electron chi connectivity index (χ2n) is 4.20. The molecule has 1 heterocycles. The summed E-state index contributed by atoms with van der Waals surface area (Å²) in [6, 6.07) is 5.16. The number of fused-ring (bicyclic) bond motifs is 1. The van der Waals surface area contributed by atoms with Crippen LogP contribution < -0.4 is 0 Å². The topological polar surface area (TPSA) is 78.4 Å². The SMILES string of the molecule is COC(=O)CSc1nc2ccc(Cl)cc2nc1SCC(=O)OC. The maximum absolute atomic E-state index is 11.3. The van der Waals surface area contributed by atoms with Crippen molar-refractivity contribution in [3.05, 3.63) is 23.2 Å². The molecule has 0 fully saturated rings. The summed E-state index contributed by atoms with van der Waals surface area (Å²) in [5.41, 5.74) is 1.27. The highest BCUT2D eigenvalue weighted by Crippen LogP contribution is 2.30. The molecule has 1 aromatic heterocycles. The highest BCUT2D eigenvalue weighted by molar-refractivity contribution is 8.02. The summed E-state index contributed by atoms with van der Waals surface area (Å²) < 4.78 is 9.25. The average molecular weight is 373 g/mol. The lowest BCUT2D eigenvalue weighted by Gasteiger charge is -2.08. The van der Waals surface area contributed by atoms with E-state index in [1.165, 1.54) is 37.7 Å². The summed E-state index contributed by atoms with van der Waals surface area (Å²) in [5, 5.41) is 1.64. The molecule has 0 saturated heterocycles. The first-order valence-electron chi connectivity index (χ1n) is 6.40. The number of ether oxygens (including phenoxy) is 2. The molecule has 0 spiro atoms. The lowest BCUT2D eigenvalue weighted by atomic mass is 10.3. The number of carbonyl (C=O) groups is 2. The van der Waals surface area contributed by atoms with Crippen molar-refractivity contribution in [3.63, 3.8) is 0 Å². The third-order valence-corrected chi connectivity index (χ3v) is 4.91. The number of rotatable bonds is 6. The Balaban J connectivity index is 2.32. The maximum Gasteiger partial charge on any atom is 0.316 e. The normalized spacial score (nSPS) is 10.6. The van der Waals surface area contributed by atoms with Gasteiger partial charge in [-0.05, 0) is 18.2 Å². The highest BCUT2D eigenvalue weighted by Gasteiger charge is 2.14. The van der Waals surface area contributed by atoms with Gasteiger partial charge in [-0.15, -0.1) is 0 Å². The number of halogens is 1. The van der Waals surface area contributed by atoms with Gasteiger partial charge in [0, 0.05) is 5.02 Å². The Kier molecular flexibility index (Phi) is 6.49. The van der Waals surface area contributed by atoms with Gasteiger partial charge in [-0.1, -0.05) is 35.1 Å². The number of methoxy groups -OCH3 is 2. The van der Waals surface area contributed by atoms with Gasteiger partial charge in [-0.25, -0.2) is 9.97 Å². The third-order valence-electron chi connectivity index (χ3n) is 2.67. The Bertz CT molecular complexity index is 742. The first-order chi connectivity index (χ1) is 11.0. The van der Waals surface area contributed by atoms with Crippen LogP contribution >= 0.6 is 35.1 Å². The van der Waals surface area contributed by atoms with E-state index < -0.39 is 0 Å². The smallest absolute Gasteiger partial charge is 0.316 e. The summed E-state index contributed by atoms with van der Waals surface area (Å²) >= 11 is 8.37. The Morgan fingerprint density at radius 2 is 1.52 bits per heavy atom. The van der Waals surface area contributed by atoms with Gasteiger partial charge in [0.15, 0.2) is 0 Å². The van der Waals surface area contributed by atoms with E-state index in [2.05, 4.69) is 19.4 Å². The van der Waals surface area contributed by atoms with Crippen LogP contribution in [-0.4, -0.2) is 47.6 Å². The van der Waals surface area contributed by atoms with E-state index in [-0.39, 0.29) is 23.4 Å². The van der Waals surface area contributed by atoms with Crippen LogP contribution in [0.15, 0.2) is 28.3 Å². The fourth-order valence-electron chi connectivity index (χ4n) is 1.56. The molecule has 9 heteroatoms. The molecule has 0 aliphatic rings. The van der Waals surface area contributed by atoms with Gasteiger partial charge in [-0.3, -0.25) is 9.59 Å². The molecule has 0 amide bonds. The number of nitrogens with zero attached hydrogens (tertiary/aromatic N) is 2. The standard InChI is InChI=1S/C14H13ClN2O4S2/c1-20-11(18)6-22-13-14(23-7-12(19)21-2)17-10-5-8(15)3-4-9(10)16-13/h3-5H,6-7H2,1-2H3. The second-order valence-corrected chi connectivity index (χ2v) is 6.56. The fraction of sp³-hybridized carbons (Fsp3) is 0.286. The van der Waals surface area contributed by atoms with Crippen LogP contribution in [0.25, 0.3) is 11.0 Å². The van der Waals surface area contributed by atoms with Crippen LogP contribution in [0.3, 0.4) is 0 Å². The lowest BCUT2D eigenvalue weighted by Crippen LogP contribution is -2.06. The summed E-state index contributed by atoms with van der Waals surface area (Å²) in [7, 11) is 2.64. The molecule has 0 N–H and O–H groups in total. The van der Waals surface area contributed by atoms with Gasteiger partial charge in [0.05, 0.1) is 36.8 Å². The van der Waals surface area contributed by atoms with Gasteiger partial charge in [0.25, 0.3) is 0 Å². The number of aromatic nitrogens is 2. The molecule has 0 bridgehead atoms. The third kappa shape index (κ3) is 4.98. The molecule has 0 saturated carbocycles. The number of esters is 2. The Morgan fingerprint density at radius 1 is 1.00 bits per heavy atom. The lowest BCUT2D eigenvalue weighted by molar-refractivity contribution is -0.138. The predicted molar refractivity (Wildman–Crippen MR) is 90.0 cm³/mol. The number of hydrogen-bond donors (Lipinski definition) is 0. The van der Waals surface area contributed by atoms with E-state index in [1.807, 2.05) is 0 Å². The highest BCUT2D eigenvalue weighted by atomic mass is 35.5. The molecule has 122 valence electrons. The van der Waals surface area contributed by atoms with Crippen molar-refractivity contribution >= 4 is 58.1 Å². The van der Waals surface area contributed by atoms with Crippen LogP contribution in [0, 0.1) is 0 Å². The van der Waals surface area contributed by atoms with Gasteiger partial charge in [-0.2, -0.15) is 0 Å². The predicted octanol–water partition coefficient (Wildman–Crippen LogP) is 2.81. The van der Waals surface area contributed by atoms with E-state index >= 15 is 0 Å². The first-order valence-corrected chi connectivity index (χ1v) is 8.75. The average Bonchev–Trinajstić information content (AvgIpc) is 2.56. The zero-order valence-corrected chi connectivity index (χ0v) is 14.8. The molecule has 0 atom stereocenters. The van der Waals surface area contributed by atoms with Crippen molar-refractivity contribution in [1.29, 1.82) is 0 Å². The number of hydrogen-bond acceptors (Lipinski definition) is 8. The fourth-order valence-corrected chi connectivity index (χ4v) is 3.48. The van der Waals surface area contributed by atoms with Crippen LogP contribution in [0.5, 0.6) is 0 Å². The number of benzene rings is 1. The van der Waals surface area contributed by atoms with E-state index in [4.69, 9.17) is 11.6 Å². The van der Waals surface area contributed by atoms with Gasteiger partial charge in [0.2, 0.25) is 0 Å². The molecular weight excluding hydrogens is 360 g/mol. The number of carbonyl (C=O) groups excluding carboxylic acids is 2. The van der Waals surface area contributed by atoms with Crippen LogP contribution in [0.4, 0.5) is 0 Å². The van der Waals surface area contributed by atoms with Crippen molar-refractivity contribution < 1.29 is 19.1 Å². The van der Waals surface area contributed by atoms with Crippen molar-refractivity contribution in [3.8, 4) is 0 Å². The molecule has 2 aromatic rings. The van der Waals surface area contributed by atoms with Gasteiger partial charge < -0.3 is 9.47 Å². The van der Waals surface area contributed by atoms with Crippen molar-refractivity contribution in [1.82, 2.24) is 9.97 Å². The summed E-state index contributed by atoms with van der Waals surface area (Å²) in [5.74, 6) is -0.525. The molecule has 23 heavy (non-hydrogen) atoms. The quantitative estimate of drug-likeness (QED) is 0.565. The number of thioether (sulfide) groups is 2. The summed E-state index contributed by atoms with van der Waals surface area (Å²) in [4.78, 5) is 31.6. The molecule has 1 aromatic carbocycles. The second kappa shape index (κ2) is 8.37. The monoisotopic (exact) mass is 372 g/mol. The molecule has 0 aliphatic heterocycles. The van der Waals surface area contributed by atoms with Crippen molar-refractivity contribution in [2.45, 2.75) is 10.1 Å². The molecule has 2 rings (SSSR count). The molecular formula is C14H13ClN2O4S2. The molecule has 0 aliphatic carbocycles. The van der Waals surface area contributed by atoms with E-state index in [1.54, 1.807) is 18.2 Å². The van der Waals surface area contributed by atoms with Crippen LogP contribution in [0.2, 0.25) is 5.02 Å². The van der Waals surface area contributed by atoms with E-state index in [0.717, 1.165) is 0 Å². The zero-order chi connectivity index (χ0) is 16.8. The Morgan fingerprint density at radius 3 is 2.04 bits per heavy atom. The van der Waals surface area contributed by atoms with E-state index in [0.29, 0.717) is 26.1 Å². The van der Waals surface area contributed by atoms with Crippen molar-refractivity contribution in [2.24, 2.45) is 0 Å². The van der Waals surface area contributed by atoms with Gasteiger partial charge in [0.1, 0.15) is 10.1 Å². The minimum Gasteiger partial charge on any atom is -0.468 e. The summed E-state index contributed by atoms with van der Waals surface area (Å²) in [6.45, 7) is 0. The Hall–Kier alpha value is -1.51. The van der Waals surface area contributed by atoms with Crippen LogP contribution in [0.1, 0.15) is 0 Å². The van der Waals surface area contributed by atoms with Gasteiger partial charge >= 0.3 is 11.9 Å². The minimum absolute atomic E-state index is 0.100. The minimum atomic E-state index is -0.369. The maximum atomic E-state index is 11.3. The molecule has 0 radical (unpaired) electrons. The molecule has 6 nitrogen and oxygen atoms in total. The summed E-state index contributed by atoms with van der Waals surface area (Å²) in [6.07, 6.45) is 0. The molecule has 0 unspecified atom stereocenters. The first kappa shape index (κ1) is 17.8. The van der Waals surface area contributed by atoms with E-state index in [9.17, 15) is 9.59 Å². The van der Waals surface area contributed by atoms with Crippen LogP contribution in [-0.2, 0) is 19.1 Å².